The molecule has 0 radical (unpaired) electrons. The predicted molar refractivity (Wildman–Crippen MR) is 74.6 cm³/mol. The molecule has 0 saturated carbocycles. The molecular weight excluding hydrogens is 240 g/mol. The van der Waals surface area contributed by atoms with Crippen LogP contribution in [0, 0.1) is 0 Å². The molecule has 19 heavy (non-hydrogen) atoms. The van der Waals surface area contributed by atoms with Crippen molar-refractivity contribution in [2.45, 2.75) is 38.5 Å². The second kappa shape index (κ2) is 5.31. The van der Waals surface area contributed by atoms with E-state index >= 15 is 0 Å². The molecule has 1 aromatic carbocycles. The number of hydrogen-bond acceptors (Lipinski definition) is 3. The van der Waals surface area contributed by atoms with Crippen LogP contribution in [0.2, 0.25) is 0 Å². The molecule has 2 N–H and O–H groups in total. The summed E-state index contributed by atoms with van der Waals surface area (Å²) in [7, 11) is 0. The molecule has 1 aromatic rings. The fourth-order valence-electron chi connectivity index (χ4n) is 2.89. The molecule has 2 rings (SSSR count). The van der Waals surface area contributed by atoms with E-state index in [-0.39, 0.29) is 23.7 Å². The van der Waals surface area contributed by atoms with Crippen LogP contribution in [0.1, 0.15) is 32.4 Å². The number of carbonyl (C=O) groups excluding carboxylic acids is 1. The molecule has 4 nitrogen and oxygen atoms in total. The van der Waals surface area contributed by atoms with Crippen molar-refractivity contribution in [2.75, 3.05) is 13.1 Å². The third-order valence-electron chi connectivity index (χ3n) is 3.35. The van der Waals surface area contributed by atoms with E-state index in [1.165, 1.54) is 0 Å². The van der Waals surface area contributed by atoms with Crippen molar-refractivity contribution in [3.8, 4) is 0 Å². The van der Waals surface area contributed by atoms with Gasteiger partial charge in [-0.15, -0.1) is 0 Å². The summed E-state index contributed by atoms with van der Waals surface area (Å²) in [4.78, 5) is 14.0. The van der Waals surface area contributed by atoms with Gasteiger partial charge in [0.2, 0.25) is 5.91 Å². The van der Waals surface area contributed by atoms with Crippen molar-refractivity contribution in [1.29, 1.82) is 0 Å². The van der Waals surface area contributed by atoms with E-state index in [1.54, 1.807) is 0 Å². The van der Waals surface area contributed by atoms with Crippen LogP contribution in [0.15, 0.2) is 30.3 Å². The number of carbonyl (C=O) groups is 1. The molecule has 104 valence electrons. The van der Waals surface area contributed by atoms with Gasteiger partial charge in [0.15, 0.2) is 0 Å². The topological polar surface area (TPSA) is 55.6 Å². The van der Waals surface area contributed by atoms with Crippen LogP contribution in [0.25, 0.3) is 0 Å². The first-order valence-electron chi connectivity index (χ1n) is 6.65. The van der Waals surface area contributed by atoms with E-state index in [9.17, 15) is 4.79 Å². The van der Waals surface area contributed by atoms with Gasteiger partial charge >= 0.3 is 0 Å². The zero-order valence-electron chi connectivity index (χ0n) is 11.8. The molecule has 1 saturated heterocycles. The first-order valence-corrected chi connectivity index (χ1v) is 6.65. The number of morpholine rings is 1. The first kappa shape index (κ1) is 14.0. The average molecular weight is 262 g/mol. The van der Waals surface area contributed by atoms with Crippen molar-refractivity contribution < 1.29 is 9.53 Å². The highest BCUT2D eigenvalue weighted by molar-refractivity contribution is 5.81. The summed E-state index contributed by atoms with van der Waals surface area (Å²) in [5.74, 6) is -0.309. The minimum Gasteiger partial charge on any atom is -0.370 e. The SMILES string of the molecule is C[C@@H]1CN([C@@H](C(N)=O)c2ccccc2)CC(C)(C)O1. The zero-order chi connectivity index (χ0) is 14.0. The Bertz CT molecular complexity index is 445. The third-order valence-corrected chi connectivity index (χ3v) is 3.35. The van der Waals surface area contributed by atoms with E-state index in [0.29, 0.717) is 13.1 Å². The summed E-state index contributed by atoms with van der Waals surface area (Å²) in [5, 5.41) is 0. The highest BCUT2D eigenvalue weighted by atomic mass is 16.5. The van der Waals surface area contributed by atoms with Crippen LogP contribution in [0.5, 0.6) is 0 Å². The number of nitrogens with two attached hydrogens (primary N) is 1. The Kier molecular flexibility index (Phi) is 3.92. The van der Waals surface area contributed by atoms with Gasteiger partial charge in [-0.1, -0.05) is 30.3 Å². The van der Waals surface area contributed by atoms with Crippen LogP contribution in [0.4, 0.5) is 0 Å². The normalized spacial score (nSPS) is 24.9. The van der Waals surface area contributed by atoms with Crippen LogP contribution in [-0.4, -0.2) is 35.6 Å². The molecule has 1 aliphatic heterocycles. The summed E-state index contributed by atoms with van der Waals surface area (Å²) in [6.45, 7) is 7.51. The maximum Gasteiger partial charge on any atom is 0.239 e. The average Bonchev–Trinajstić information content (AvgIpc) is 2.27. The van der Waals surface area contributed by atoms with E-state index in [4.69, 9.17) is 10.5 Å². The van der Waals surface area contributed by atoms with Gasteiger partial charge in [0.1, 0.15) is 6.04 Å². The summed E-state index contributed by atoms with van der Waals surface area (Å²) >= 11 is 0. The number of ether oxygens (including phenoxy) is 1. The van der Waals surface area contributed by atoms with Crippen molar-refractivity contribution in [2.24, 2.45) is 5.73 Å². The Morgan fingerprint density at radius 1 is 1.42 bits per heavy atom. The van der Waals surface area contributed by atoms with Gasteiger partial charge in [0, 0.05) is 13.1 Å². The molecule has 1 fully saturated rings. The highest BCUT2D eigenvalue weighted by Gasteiger charge is 2.37. The minimum atomic E-state index is -0.383. The van der Waals surface area contributed by atoms with Crippen molar-refractivity contribution >= 4 is 5.91 Å². The second-order valence-corrected chi connectivity index (χ2v) is 5.83. The van der Waals surface area contributed by atoms with Crippen molar-refractivity contribution in [1.82, 2.24) is 4.90 Å². The number of nitrogens with zero attached hydrogens (tertiary/aromatic N) is 1. The van der Waals surface area contributed by atoms with Crippen molar-refractivity contribution in [3.63, 3.8) is 0 Å². The Morgan fingerprint density at radius 2 is 2.05 bits per heavy atom. The molecule has 4 heteroatoms. The maximum absolute atomic E-state index is 11.9. The van der Waals surface area contributed by atoms with Gasteiger partial charge in [0.05, 0.1) is 11.7 Å². The smallest absolute Gasteiger partial charge is 0.239 e. The number of benzene rings is 1. The summed E-state index contributed by atoms with van der Waals surface area (Å²) in [5.41, 5.74) is 6.29. The Morgan fingerprint density at radius 3 is 2.58 bits per heavy atom. The van der Waals surface area contributed by atoms with Gasteiger partial charge < -0.3 is 10.5 Å². The molecule has 2 atom stereocenters. The molecule has 1 amide bonds. The number of rotatable bonds is 3. The van der Waals surface area contributed by atoms with Gasteiger partial charge in [-0.3, -0.25) is 9.69 Å². The fourth-order valence-corrected chi connectivity index (χ4v) is 2.89. The van der Waals surface area contributed by atoms with E-state index in [0.717, 1.165) is 5.56 Å². The molecule has 0 unspecified atom stereocenters. The summed E-state index contributed by atoms with van der Waals surface area (Å²) in [6.07, 6.45) is 0.0920. The van der Waals surface area contributed by atoms with Crippen molar-refractivity contribution in [3.05, 3.63) is 35.9 Å². The van der Waals surface area contributed by atoms with Crippen LogP contribution < -0.4 is 5.73 Å². The zero-order valence-corrected chi connectivity index (χ0v) is 11.8. The predicted octanol–water partition coefficient (Wildman–Crippen LogP) is 1.71. The molecule has 0 aliphatic carbocycles. The lowest BCUT2D eigenvalue weighted by Gasteiger charge is -2.44. The van der Waals surface area contributed by atoms with Gasteiger partial charge in [-0.2, -0.15) is 0 Å². The maximum atomic E-state index is 11.9. The second-order valence-electron chi connectivity index (χ2n) is 5.83. The molecule has 0 spiro atoms. The van der Waals surface area contributed by atoms with Gasteiger partial charge in [-0.25, -0.2) is 0 Å². The van der Waals surface area contributed by atoms with E-state index < -0.39 is 0 Å². The quantitative estimate of drug-likeness (QED) is 0.902. The molecule has 1 aliphatic rings. The number of primary amides is 1. The minimum absolute atomic E-state index is 0.0920. The van der Waals surface area contributed by atoms with Crippen LogP contribution >= 0.6 is 0 Å². The van der Waals surface area contributed by atoms with Crippen LogP contribution in [0.3, 0.4) is 0 Å². The van der Waals surface area contributed by atoms with Gasteiger partial charge in [-0.05, 0) is 26.3 Å². The molecular formula is C15H22N2O2. The Balaban J connectivity index is 2.27. The third kappa shape index (κ3) is 3.33. The highest BCUT2D eigenvalue weighted by Crippen LogP contribution is 2.28. The molecule has 0 aromatic heterocycles. The fraction of sp³-hybridized carbons (Fsp3) is 0.533. The van der Waals surface area contributed by atoms with E-state index in [1.807, 2.05) is 51.1 Å². The van der Waals surface area contributed by atoms with Crippen LogP contribution in [-0.2, 0) is 9.53 Å². The Labute approximate surface area is 114 Å². The lowest BCUT2D eigenvalue weighted by molar-refractivity contribution is -0.148. The summed E-state index contributed by atoms with van der Waals surface area (Å²) in [6, 6.07) is 9.31. The number of hydrogen-bond donors (Lipinski definition) is 1. The summed E-state index contributed by atoms with van der Waals surface area (Å²) < 4.78 is 5.88. The Hall–Kier alpha value is -1.39. The molecule has 0 bridgehead atoms. The van der Waals surface area contributed by atoms with Gasteiger partial charge in [0.25, 0.3) is 0 Å². The molecule has 1 heterocycles. The number of amides is 1. The van der Waals surface area contributed by atoms with E-state index in [2.05, 4.69) is 4.90 Å². The first-order chi connectivity index (χ1) is 8.89. The standard InChI is InChI=1S/C15H22N2O2/c1-11-9-17(10-15(2,3)19-11)13(14(16)18)12-7-5-4-6-8-12/h4-8,11,13H,9-10H2,1-3H3,(H2,16,18)/t11-,13-/m1/s1. The monoisotopic (exact) mass is 262 g/mol. The lowest BCUT2D eigenvalue weighted by Crippen LogP contribution is -2.54. The largest absolute Gasteiger partial charge is 0.370 e. The lowest BCUT2D eigenvalue weighted by atomic mass is 9.99.